The lowest BCUT2D eigenvalue weighted by atomic mass is 9.89. The van der Waals surface area contributed by atoms with Crippen LogP contribution in [0.4, 0.5) is 0 Å². The number of esters is 2. The minimum absolute atomic E-state index is 0.183. The molecule has 6 atom stereocenters. The van der Waals surface area contributed by atoms with Crippen LogP contribution in [0.5, 0.6) is 5.75 Å². The van der Waals surface area contributed by atoms with Gasteiger partial charge in [0.25, 0.3) is 0 Å². The van der Waals surface area contributed by atoms with E-state index in [1.165, 1.54) is 7.11 Å². The van der Waals surface area contributed by atoms with Crippen molar-refractivity contribution < 1.29 is 38.4 Å². The van der Waals surface area contributed by atoms with Gasteiger partial charge in [0.1, 0.15) is 24.6 Å². The average molecular weight is 627 g/mol. The van der Waals surface area contributed by atoms with Gasteiger partial charge in [0.05, 0.1) is 18.8 Å². The molecule has 1 aliphatic carbocycles. The number of carbonyl (C=O) groups excluding carboxylic acids is 2. The molecule has 1 saturated heterocycles. The van der Waals surface area contributed by atoms with Crippen LogP contribution in [0.2, 0.25) is 5.02 Å². The molecule has 0 radical (unpaired) electrons. The van der Waals surface area contributed by atoms with Crippen molar-refractivity contribution in [3.05, 3.63) is 89.5 Å². The van der Waals surface area contributed by atoms with E-state index in [9.17, 15) is 14.7 Å². The van der Waals surface area contributed by atoms with Crippen LogP contribution in [0.25, 0.3) is 0 Å². The molecule has 1 aliphatic heterocycles. The number of hydrogen-bond acceptors (Lipinski definition) is 8. The molecule has 8 nitrogen and oxygen atoms in total. The second kappa shape index (κ2) is 18.0. The summed E-state index contributed by atoms with van der Waals surface area (Å²) < 4.78 is 28.9. The predicted molar refractivity (Wildman–Crippen MR) is 167 cm³/mol. The van der Waals surface area contributed by atoms with E-state index in [0.717, 1.165) is 25.7 Å². The average Bonchev–Trinajstić information content (AvgIpc) is 3.33. The van der Waals surface area contributed by atoms with E-state index in [-0.39, 0.29) is 30.7 Å². The summed E-state index contributed by atoms with van der Waals surface area (Å²) in [5.41, 5.74) is 0.462. The fraction of sp³-hybridized carbons (Fsp3) is 0.486. The topological polar surface area (TPSA) is 101 Å². The summed E-state index contributed by atoms with van der Waals surface area (Å²) in [6.45, 7) is 0.877. The van der Waals surface area contributed by atoms with E-state index in [0.29, 0.717) is 48.6 Å². The molecule has 0 amide bonds. The summed E-state index contributed by atoms with van der Waals surface area (Å²) in [4.78, 5) is 24.4. The predicted octanol–water partition coefficient (Wildman–Crippen LogP) is 6.70. The van der Waals surface area contributed by atoms with E-state index >= 15 is 0 Å². The molecular weight excluding hydrogens is 584 g/mol. The lowest BCUT2D eigenvalue weighted by Gasteiger charge is -2.27. The normalized spacial score (nSPS) is 24.4. The van der Waals surface area contributed by atoms with Gasteiger partial charge in [-0.05, 0) is 74.8 Å². The van der Waals surface area contributed by atoms with Crippen LogP contribution < -0.4 is 4.74 Å². The SMILES string of the molecule is COC(=O)CCC/C=C\C[C@@H]1[C@@H](/C=C/[C@H](COc2cccc(Cl)c2)OC2CCCCO2)[C@H](OC(=O)c2ccccc2)C[C@@H]1O. The molecule has 2 aromatic carbocycles. The summed E-state index contributed by atoms with van der Waals surface area (Å²) in [5, 5.41) is 11.7. The Morgan fingerprint density at radius 1 is 1.11 bits per heavy atom. The van der Waals surface area contributed by atoms with Crippen molar-refractivity contribution in [2.24, 2.45) is 11.8 Å². The van der Waals surface area contributed by atoms with Crippen molar-refractivity contribution in [3.63, 3.8) is 0 Å². The minimum atomic E-state index is -0.665. The van der Waals surface area contributed by atoms with Crippen LogP contribution in [0.15, 0.2) is 78.9 Å². The highest BCUT2D eigenvalue weighted by molar-refractivity contribution is 6.30. The molecule has 238 valence electrons. The van der Waals surface area contributed by atoms with Gasteiger partial charge in [-0.3, -0.25) is 4.79 Å². The van der Waals surface area contributed by atoms with Crippen molar-refractivity contribution in [3.8, 4) is 5.75 Å². The first-order valence-electron chi connectivity index (χ1n) is 15.4. The van der Waals surface area contributed by atoms with E-state index in [1.807, 2.05) is 42.5 Å². The number of aliphatic hydroxyl groups is 1. The maximum atomic E-state index is 13.0. The van der Waals surface area contributed by atoms with Crippen molar-refractivity contribution in [2.75, 3.05) is 20.3 Å². The van der Waals surface area contributed by atoms with Crippen LogP contribution in [0, 0.1) is 11.8 Å². The molecule has 2 aliphatic rings. The van der Waals surface area contributed by atoms with Gasteiger partial charge in [0.2, 0.25) is 0 Å². The fourth-order valence-corrected chi connectivity index (χ4v) is 5.75. The van der Waals surface area contributed by atoms with Gasteiger partial charge in [-0.25, -0.2) is 4.79 Å². The number of allylic oxidation sites excluding steroid dienone is 2. The van der Waals surface area contributed by atoms with Crippen molar-refractivity contribution in [1.82, 2.24) is 0 Å². The zero-order valence-electron chi connectivity index (χ0n) is 25.2. The highest BCUT2D eigenvalue weighted by Crippen LogP contribution is 2.39. The van der Waals surface area contributed by atoms with E-state index in [1.54, 1.807) is 36.4 Å². The van der Waals surface area contributed by atoms with E-state index < -0.39 is 24.3 Å². The lowest BCUT2D eigenvalue weighted by molar-refractivity contribution is -0.182. The van der Waals surface area contributed by atoms with Crippen LogP contribution in [0.1, 0.15) is 61.7 Å². The highest BCUT2D eigenvalue weighted by atomic mass is 35.5. The maximum Gasteiger partial charge on any atom is 0.338 e. The van der Waals surface area contributed by atoms with Crippen molar-refractivity contribution in [1.29, 1.82) is 0 Å². The largest absolute Gasteiger partial charge is 0.490 e. The minimum Gasteiger partial charge on any atom is -0.490 e. The first-order valence-corrected chi connectivity index (χ1v) is 15.8. The monoisotopic (exact) mass is 626 g/mol. The smallest absolute Gasteiger partial charge is 0.338 e. The number of halogens is 1. The van der Waals surface area contributed by atoms with Crippen LogP contribution in [0.3, 0.4) is 0 Å². The van der Waals surface area contributed by atoms with Gasteiger partial charge in [-0.15, -0.1) is 0 Å². The molecule has 0 spiro atoms. The van der Waals surface area contributed by atoms with Gasteiger partial charge in [0, 0.05) is 30.4 Å². The molecule has 1 saturated carbocycles. The molecule has 1 heterocycles. The van der Waals surface area contributed by atoms with Crippen molar-refractivity contribution in [2.45, 2.75) is 76.0 Å². The third-order valence-electron chi connectivity index (χ3n) is 7.94. The second-order valence-electron chi connectivity index (χ2n) is 11.2. The Balaban J connectivity index is 1.49. The molecule has 44 heavy (non-hydrogen) atoms. The molecular formula is C35H43ClO8. The molecule has 2 aromatic rings. The number of benzene rings is 2. The summed E-state index contributed by atoms with van der Waals surface area (Å²) in [5.74, 6) is -0.468. The summed E-state index contributed by atoms with van der Waals surface area (Å²) >= 11 is 6.15. The summed E-state index contributed by atoms with van der Waals surface area (Å²) in [6, 6.07) is 16.1. The first-order chi connectivity index (χ1) is 21.4. The fourth-order valence-electron chi connectivity index (χ4n) is 5.57. The number of aliphatic hydroxyl groups excluding tert-OH is 1. The first kappa shape index (κ1) is 33.7. The lowest BCUT2D eigenvalue weighted by Crippen LogP contribution is -2.31. The summed E-state index contributed by atoms with van der Waals surface area (Å²) in [7, 11) is 1.38. The number of unbranched alkanes of at least 4 members (excludes halogenated alkanes) is 1. The van der Waals surface area contributed by atoms with Crippen LogP contribution in [-0.2, 0) is 23.7 Å². The van der Waals surface area contributed by atoms with Crippen molar-refractivity contribution >= 4 is 23.5 Å². The van der Waals surface area contributed by atoms with Crippen LogP contribution in [-0.4, -0.2) is 62.0 Å². The van der Waals surface area contributed by atoms with Gasteiger partial charge >= 0.3 is 11.9 Å². The Bertz CT molecular complexity index is 1230. The zero-order valence-corrected chi connectivity index (χ0v) is 26.0. The Hall–Kier alpha value is -3.17. The molecule has 1 N–H and O–H groups in total. The third kappa shape index (κ3) is 10.8. The number of rotatable bonds is 15. The number of hydrogen-bond donors (Lipinski definition) is 1. The Labute approximate surface area is 264 Å². The Morgan fingerprint density at radius 2 is 1.95 bits per heavy atom. The number of methoxy groups -OCH3 is 1. The highest BCUT2D eigenvalue weighted by Gasteiger charge is 2.43. The molecule has 2 fully saturated rings. The van der Waals surface area contributed by atoms with Crippen LogP contribution >= 0.6 is 11.6 Å². The number of ether oxygens (including phenoxy) is 5. The summed E-state index contributed by atoms with van der Waals surface area (Å²) in [6.07, 6.45) is 11.5. The standard InChI is InChI=1S/C35H43ClO8/c1-40-33(38)17-8-3-2-7-16-29-30(32(23-31(29)37)44-35(39)25-12-5-4-6-13-25)20-19-28(43-34-18-9-10-21-41-34)24-42-27-15-11-14-26(36)22-27/h2,4-7,11-15,19-20,22,28-32,34,37H,3,8-10,16-18,21,23-24H2,1H3/b7-2-,20-19+/t28-,29-,30-,31+,32-,34?/m1/s1. The molecule has 0 aromatic heterocycles. The van der Waals surface area contributed by atoms with Gasteiger partial charge in [-0.2, -0.15) is 0 Å². The Kier molecular flexibility index (Phi) is 13.8. The Morgan fingerprint density at radius 3 is 2.70 bits per heavy atom. The molecule has 0 bridgehead atoms. The van der Waals surface area contributed by atoms with E-state index in [4.69, 9.17) is 35.3 Å². The number of carbonyl (C=O) groups is 2. The quantitative estimate of drug-likeness (QED) is 0.132. The molecule has 1 unspecified atom stereocenters. The second-order valence-corrected chi connectivity index (χ2v) is 11.6. The van der Waals surface area contributed by atoms with Gasteiger partial charge in [0.15, 0.2) is 6.29 Å². The molecule has 4 rings (SSSR count). The zero-order chi connectivity index (χ0) is 31.1. The van der Waals surface area contributed by atoms with Gasteiger partial charge in [-0.1, -0.05) is 60.2 Å². The van der Waals surface area contributed by atoms with Gasteiger partial charge < -0.3 is 28.8 Å². The molecule has 9 heteroatoms. The third-order valence-corrected chi connectivity index (χ3v) is 8.17. The van der Waals surface area contributed by atoms with E-state index in [2.05, 4.69) is 0 Å². The maximum absolute atomic E-state index is 13.0.